The van der Waals surface area contributed by atoms with Crippen LogP contribution >= 0.6 is 11.3 Å². The second-order valence-corrected chi connectivity index (χ2v) is 6.73. The van der Waals surface area contributed by atoms with Crippen LogP contribution in [0.2, 0.25) is 0 Å². The highest BCUT2D eigenvalue weighted by Gasteiger charge is 2.28. The molecule has 3 rings (SSSR count). The molecular weight excluding hydrogens is 298 g/mol. The lowest BCUT2D eigenvalue weighted by Crippen LogP contribution is -2.47. The van der Waals surface area contributed by atoms with E-state index in [-0.39, 0.29) is 5.91 Å². The Kier molecular flexibility index (Phi) is 4.57. The Labute approximate surface area is 134 Å². The van der Waals surface area contributed by atoms with Gasteiger partial charge in [0.05, 0.1) is 0 Å². The molecule has 0 radical (unpaired) electrons. The lowest BCUT2D eigenvalue weighted by atomic mass is 9.97. The summed E-state index contributed by atoms with van der Waals surface area (Å²) in [7, 11) is 0. The van der Waals surface area contributed by atoms with E-state index in [0.29, 0.717) is 36.6 Å². The van der Waals surface area contributed by atoms with Gasteiger partial charge in [-0.25, -0.2) is 0 Å². The van der Waals surface area contributed by atoms with Gasteiger partial charge in [0.2, 0.25) is 17.6 Å². The number of aryl methyl sites for hydroxylation is 1. The van der Waals surface area contributed by atoms with Gasteiger partial charge in [-0.15, -0.1) is 0 Å². The molecule has 2 atom stereocenters. The van der Waals surface area contributed by atoms with E-state index < -0.39 is 0 Å². The molecule has 1 amide bonds. The van der Waals surface area contributed by atoms with E-state index in [4.69, 9.17) is 4.52 Å². The molecule has 1 aliphatic heterocycles. The van der Waals surface area contributed by atoms with E-state index in [1.165, 1.54) is 6.42 Å². The zero-order valence-corrected chi connectivity index (χ0v) is 13.8. The Bertz CT molecular complexity index is 613. The molecule has 1 aliphatic rings. The van der Waals surface area contributed by atoms with Gasteiger partial charge in [0, 0.05) is 35.9 Å². The van der Waals surface area contributed by atoms with Gasteiger partial charge in [0.15, 0.2) is 0 Å². The lowest BCUT2D eigenvalue weighted by Gasteiger charge is -2.39. The van der Waals surface area contributed by atoms with Gasteiger partial charge in [0.25, 0.3) is 0 Å². The van der Waals surface area contributed by atoms with Crippen LogP contribution in [0.3, 0.4) is 0 Å². The van der Waals surface area contributed by atoms with Gasteiger partial charge >= 0.3 is 0 Å². The SMILES string of the molecule is C[C@@H]1CCC[C@H](C)N1C(=O)CCc1nc(-c2ccsc2)no1. The summed E-state index contributed by atoms with van der Waals surface area (Å²) in [6, 6.07) is 2.63. The van der Waals surface area contributed by atoms with E-state index >= 15 is 0 Å². The normalized spacial score (nSPS) is 22.0. The minimum absolute atomic E-state index is 0.190. The van der Waals surface area contributed by atoms with Crippen molar-refractivity contribution in [1.82, 2.24) is 15.0 Å². The average molecular weight is 319 g/mol. The Morgan fingerprint density at radius 3 is 2.86 bits per heavy atom. The van der Waals surface area contributed by atoms with Crippen LogP contribution in [-0.2, 0) is 11.2 Å². The van der Waals surface area contributed by atoms with Crippen LogP contribution in [0.5, 0.6) is 0 Å². The fourth-order valence-electron chi connectivity index (χ4n) is 3.12. The number of carbonyl (C=O) groups is 1. The molecule has 5 nitrogen and oxygen atoms in total. The molecule has 0 aromatic carbocycles. The molecule has 1 fully saturated rings. The summed E-state index contributed by atoms with van der Waals surface area (Å²) in [5.74, 6) is 1.32. The number of carbonyl (C=O) groups excluding carboxylic acids is 1. The molecule has 0 unspecified atom stereocenters. The van der Waals surface area contributed by atoms with Crippen molar-refractivity contribution in [2.75, 3.05) is 0 Å². The summed E-state index contributed by atoms with van der Waals surface area (Å²) in [5, 5.41) is 7.94. The molecule has 0 spiro atoms. The molecule has 3 heterocycles. The molecule has 6 heteroatoms. The summed E-state index contributed by atoms with van der Waals surface area (Å²) in [6.45, 7) is 4.27. The number of amides is 1. The number of nitrogens with zero attached hydrogens (tertiary/aromatic N) is 3. The van der Waals surface area contributed by atoms with Crippen LogP contribution in [0.15, 0.2) is 21.3 Å². The van der Waals surface area contributed by atoms with Gasteiger partial charge in [-0.3, -0.25) is 4.79 Å². The molecule has 118 valence electrons. The van der Waals surface area contributed by atoms with Gasteiger partial charge in [-0.1, -0.05) is 5.16 Å². The predicted octanol–water partition coefficient (Wildman–Crippen LogP) is 3.52. The summed E-state index contributed by atoms with van der Waals surface area (Å²) in [6.07, 6.45) is 4.34. The van der Waals surface area contributed by atoms with E-state index in [1.807, 2.05) is 21.7 Å². The van der Waals surface area contributed by atoms with E-state index in [9.17, 15) is 4.79 Å². The lowest BCUT2D eigenvalue weighted by molar-refractivity contribution is -0.137. The molecule has 0 saturated carbocycles. The Morgan fingerprint density at radius 1 is 1.41 bits per heavy atom. The maximum atomic E-state index is 12.5. The minimum Gasteiger partial charge on any atom is -0.339 e. The summed E-state index contributed by atoms with van der Waals surface area (Å²) < 4.78 is 5.25. The van der Waals surface area contributed by atoms with Crippen molar-refractivity contribution >= 4 is 17.2 Å². The van der Waals surface area contributed by atoms with Gasteiger partial charge in [-0.2, -0.15) is 16.3 Å². The van der Waals surface area contributed by atoms with Crippen LogP contribution in [0.1, 0.15) is 45.4 Å². The number of hydrogen-bond acceptors (Lipinski definition) is 5. The van der Waals surface area contributed by atoms with Crippen LogP contribution in [-0.4, -0.2) is 33.0 Å². The van der Waals surface area contributed by atoms with E-state index in [0.717, 1.165) is 18.4 Å². The number of likely N-dealkylation sites (tertiary alicyclic amines) is 1. The van der Waals surface area contributed by atoms with Gasteiger partial charge < -0.3 is 9.42 Å². The molecular formula is C16H21N3O2S. The highest BCUT2D eigenvalue weighted by atomic mass is 32.1. The standard InChI is InChI=1S/C16H21N3O2S/c1-11-4-3-5-12(2)19(11)15(20)7-6-14-17-16(18-21-14)13-8-9-22-10-13/h8-12H,3-7H2,1-2H3/t11-,12+. The molecule has 0 bridgehead atoms. The van der Waals surface area contributed by atoms with Crippen molar-refractivity contribution in [3.8, 4) is 11.4 Å². The highest BCUT2D eigenvalue weighted by Crippen LogP contribution is 2.24. The van der Waals surface area contributed by atoms with Crippen LogP contribution in [0.25, 0.3) is 11.4 Å². The first-order chi connectivity index (χ1) is 10.6. The average Bonchev–Trinajstić information content (AvgIpc) is 3.16. The van der Waals surface area contributed by atoms with Crippen LogP contribution < -0.4 is 0 Å². The quantitative estimate of drug-likeness (QED) is 0.865. The van der Waals surface area contributed by atoms with Crippen molar-refractivity contribution in [3.63, 3.8) is 0 Å². The van der Waals surface area contributed by atoms with Crippen molar-refractivity contribution in [3.05, 3.63) is 22.7 Å². The number of thiophene rings is 1. The number of piperidine rings is 1. The first kappa shape index (κ1) is 15.2. The summed E-state index contributed by atoms with van der Waals surface area (Å²) in [5.41, 5.74) is 0.963. The summed E-state index contributed by atoms with van der Waals surface area (Å²) in [4.78, 5) is 18.9. The third-order valence-corrected chi connectivity index (χ3v) is 4.96. The number of aromatic nitrogens is 2. The third kappa shape index (κ3) is 3.21. The second-order valence-electron chi connectivity index (χ2n) is 5.95. The minimum atomic E-state index is 0.190. The first-order valence-corrected chi connectivity index (χ1v) is 8.75. The van der Waals surface area contributed by atoms with E-state index in [1.54, 1.807) is 11.3 Å². The number of hydrogen-bond donors (Lipinski definition) is 0. The maximum absolute atomic E-state index is 12.5. The zero-order valence-electron chi connectivity index (χ0n) is 13.0. The molecule has 0 N–H and O–H groups in total. The monoisotopic (exact) mass is 319 g/mol. The molecule has 2 aromatic rings. The molecule has 2 aromatic heterocycles. The molecule has 1 saturated heterocycles. The zero-order chi connectivity index (χ0) is 15.5. The third-order valence-electron chi connectivity index (χ3n) is 4.28. The first-order valence-electron chi connectivity index (χ1n) is 7.81. The topological polar surface area (TPSA) is 59.2 Å². The van der Waals surface area contributed by atoms with E-state index in [2.05, 4.69) is 24.0 Å². The largest absolute Gasteiger partial charge is 0.339 e. The second kappa shape index (κ2) is 6.60. The van der Waals surface area contributed by atoms with Gasteiger partial charge in [-0.05, 0) is 44.6 Å². The molecule has 0 aliphatic carbocycles. The Morgan fingerprint density at radius 2 is 2.18 bits per heavy atom. The van der Waals surface area contributed by atoms with Crippen molar-refractivity contribution in [2.45, 2.75) is 58.0 Å². The molecule has 22 heavy (non-hydrogen) atoms. The smallest absolute Gasteiger partial charge is 0.227 e. The maximum Gasteiger partial charge on any atom is 0.227 e. The van der Waals surface area contributed by atoms with Crippen molar-refractivity contribution < 1.29 is 9.32 Å². The Hall–Kier alpha value is -1.69. The highest BCUT2D eigenvalue weighted by molar-refractivity contribution is 7.08. The number of rotatable bonds is 4. The summed E-state index contributed by atoms with van der Waals surface area (Å²) >= 11 is 1.60. The fourth-order valence-corrected chi connectivity index (χ4v) is 3.76. The Balaban J connectivity index is 1.59. The predicted molar refractivity (Wildman–Crippen MR) is 85.6 cm³/mol. The van der Waals surface area contributed by atoms with Crippen molar-refractivity contribution in [1.29, 1.82) is 0 Å². The van der Waals surface area contributed by atoms with Crippen LogP contribution in [0.4, 0.5) is 0 Å². The van der Waals surface area contributed by atoms with Crippen LogP contribution in [0, 0.1) is 0 Å². The van der Waals surface area contributed by atoms with Gasteiger partial charge in [0.1, 0.15) is 0 Å². The van der Waals surface area contributed by atoms with Crippen molar-refractivity contribution in [2.24, 2.45) is 0 Å². The fraction of sp³-hybridized carbons (Fsp3) is 0.562.